The van der Waals surface area contributed by atoms with E-state index in [9.17, 15) is 0 Å². The summed E-state index contributed by atoms with van der Waals surface area (Å²) in [6.07, 6.45) is 3.67. The molecule has 0 bridgehead atoms. The van der Waals surface area contributed by atoms with Crippen LogP contribution in [0, 0.1) is 6.92 Å². The molecule has 0 radical (unpaired) electrons. The lowest BCUT2D eigenvalue weighted by molar-refractivity contribution is 0.788. The molecule has 100 valence electrons. The van der Waals surface area contributed by atoms with Crippen molar-refractivity contribution in [2.24, 2.45) is 5.73 Å². The van der Waals surface area contributed by atoms with Gasteiger partial charge in [0.2, 0.25) is 0 Å². The standard InChI is InChI=1S/C15H20N4/c1-3-19(11-14-6-4-5-7-17-14)15-12(2)8-13(9-16)10-18-15/h4-8,10H,3,9,11,16H2,1-2H3. The molecule has 2 heterocycles. The third kappa shape index (κ3) is 3.29. The average molecular weight is 256 g/mol. The lowest BCUT2D eigenvalue weighted by Crippen LogP contribution is -2.24. The van der Waals surface area contributed by atoms with E-state index in [2.05, 4.69) is 34.8 Å². The molecule has 0 amide bonds. The predicted octanol–water partition coefficient (Wildman–Crippen LogP) is 2.27. The Balaban J connectivity index is 2.22. The van der Waals surface area contributed by atoms with Crippen LogP contribution in [0.1, 0.15) is 23.7 Å². The van der Waals surface area contributed by atoms with Gasteiger partial charge < -0.3 is 10.6 Å². The third-order valence-corrected chi connectivity index (χ3v) is 3.10. The van der Waals surface area contributed by atoms with E-state index >= 15 is 0 Å². The molecule has 2 N–H and O–H groups in total. The molecule has 0 atom stereocenters. The molecule has 0 aromatic carbocycles. The highest BCUT2D eigenvalue weighted by molar-refractivity contribution is 5.47. The summed E-state index contributed by atoms with van der Waals surface area (Å²) < 4.78 is 0. The summed E-state index contributed by atoms with van der Waals surface area (Å²) >= 11 is 0. The Labute approximate surface area is 114 Å². The molecule has 2 rings (SSSR count). The Hall–Kier alpha value is -1.94. The first kappa shape index (κ1) is 13.5. The number of hydrogen-bond donors (Lipinski definition) is 1. The van der Waals surface area contributed by atoms with Gasteiger partial charge in [0.05, 0.1) is 12.2 Å². The predicted molar refractivity (Wildman–Crippen MR) is 77.8 cm³/mol. The second-order valence-corrected chi connectivity index (χ2v) is 4.52. The highest BCUT2D eigenvalue weighted by Crippen LogP contribution is 2.19. The molecule has 2 aromatic rings. The minimum atomic E-state index is 0.528. The van der Waals surface area contributed by atoms with Crippen molar-refractivity contribution in [1.29, 1.82) is 0 Å². The van der Waals surface area contributed by atoms with E-state index in [-0.39, 0.29) is 0 Å². The SMILES string of the molecule is CCN(Cc1ccccn1)c1ncc(CN)cc1C. The quantitative estimate of drug-likeness (QED) is 0.891. The van der Waals surface area contributed by atoms with Gasteiger partial charge in [-0.3, -0.25) is 4.98 Å². The normalized spacial score (nSPS) is 10.5. The van der Waals surface area contributed by atoms with Gasteiger partial charge in [0.25, 0.3) is 0 Å². The number of pyridine rings is 2. The van der Waals surface area contributed by atoms with Crippen LogP contribution >= 0.6 is 0 Å². The van der Waals surface area contributed by atoms with Gasteiger partial charge in [-0.2, -0.15) is 0 Å². The van der Waals surface area contributed by atoms with Gasteiger partial charge in [0.15, 0.2) is 0 Å². The number of aryl methyl sites for hydroxylation is 1. The van der Waals surface area contributed by atoms with Crippen LogP contribution in [0.2, 0.25) is 0 Å². The molecule has 0 saturated carbocycles. The summed E-state index contributed by atoms with van der Waals surface area (Å²) in [5.41, 5.74) is 8.91. The van der Waals surface area contributed by atoms with Gasteiger partial charge in [-0.25, -0.2) is 4.98 Å². The average Bonchev–Trinajstić information content (AvgIpc) is 2.46. The van der Waals surface area contributed by atoms with Gasteiger partial charge in [-0.15, -0.1) is 0 Å². The minimum Gasteiger partial charge on any atom is -0.351 e. The van der Waals surface area contributed by atoms with E-state index in [0.717, 1.165) is 35.7 Å². The second kappa shape index (κ2) is 6.29. The zero-order chi connectivity index (χ0) is 13.7. The summed E-state index contributed by atoms with van der Waals surface area (Å²) in [4.78, 5) is 11.1. The van der Waals surface area contributed by atoms with Crippen molar-refractivity contribution in [1.82, 2.24) is 9.97 Å². The minimum absolute atomic E-state index is 0.528. The largest absolute Gasteiger partial charge is 0.351 e. The Bertz CT molecular complexity index is 525. The molecule has 2 aromatic heterocycles. The first-order chi connectivity index (χ1) is 9.24. The monoisotopic (exact) mass is 256 g/mol. The fourth-order valence-corrected chi connectivity index (χ4v) is 2.09. The van der Waals surface area contributed by atoms with Crippen molar-refractivity contribution >= 4 is 5.82 Å². The Morgan fingerprint density at radius 3 is 2.68 bits per heavy atom. The van der Waals surface area contributed by atoms with Gasteiger partial charge in [0.1, 0.15) is 5.82 Å². The second-order valence-electron chi connectivity index (χ2n) is 4.52. The first-order valence-corrected chi connectivity index (χ1v) is 6.55. The number of rotatable bonds is 5. The number of aromatic nitrogens is 2. The van der Waals surface area contributed by atoms with Crippen LogP contribution in [0.25, 0.3) is 0 Å². The van der Waals surface area contributed by atoms with Gasteiger partial charge in [0, 0.05) is 25.5 Å². The summed E-state index contributed by atoms with van der Waals surface area (Å²) in [6.45, 7) is 6.39. The molecule has 19 heavy (non-hydrogen) atoms. The van der Waals surface area contributed by atoms with Crippen molar-refractivity contribution in [3.8, 4) is 0 Å². The maximum absolute atomic E-state index is 5.64. The van der Waals surface area contributed by atoms with Crippen LogP contribution < -0.4 is 10.6 Å². The van der Waals surface area contributed by atoms with Crippen molar-refractivity contribution in [2.75, 3.05) is 11.4 Å². The summed E-state index contributed by atoms with van der Waals surface area (Å²) in [7, 11) is 0. The van der Waals surface area contributed by atoms with E-state index in [1.807, 2.05) is 30.6 Å². The third-order valence-electron chi connectivity index (χ3n) is 3.10. The first-order valence-electron chi connectivity index (χ1n) is 6.55. The summed E-state index contributed by atoms with van der Waals surface area (Å²) in [5, 5.41) is 0. The lowest BCUT2D eigenvalue weighted by atomic mass is 10.2. The van der Waals surface area contributed by atoms with Crippen LogP contribution in [0.5, 0.6) is 0 Å². The van der Waals surface area contributed by atoms with Crippen molar-refractivity contribution in [3.05, 3.63) is 53.5 Å². The fraction of sp³-hybridized carbons (Fsp3) is 0.333. The molecule has 0 saturated heterocycles. The van der Waals surface area contributed by atoms with Crippen molar-refractivity contribution in [2.45, 2.75) is 26.9 Å². The molecule has 4 heteroatoms. The summed E-state index contributed by atoms with van der Waals surface area (Å²) in [5.74, 6) is 1.00. The molecular weight excluding hydrogens is 236 g/mol. The maximum atomic E-state index is 5.64. The van der Waals surface area contributed by atoms with Crippen molar-refractivity contribution in [3.63, 3.8) is 0 Å². The van der Waals surface area contributed by atoms with Crippen LogP contribution in [0.15, 0.2) is 36.7 Å². The zero-order valence-corrected chi connectivity index (χ0v) is 11.5. The van der Waals surface area contributed by atoms with Gasteiger partial charge in [-0.1, -0.05) is 6.07 Å². The molecular formula is C15H20N4. The van der Waals surface area contributed by atoms with Crippen LogP contribution in [0.3, 0.4) is 0 Å². The Morgan fingerprint density at radius 1 is 1.26 bits per heavy atom. The smallest absolute Gasteiger partial charge is 0.131 e. The highest BCUT2D eigenvalue weighted by atomic mass is 15.2. The number of anilines is 1. The van der Waals surface area contributed by atoms with E-state index in [4.69, 9.17) is 5.73 Å². The molecule has 0 aliphatic rings. The Morgan fingerprint density at radius 2 is 2.11 bits per heavy atom. The van der Waals surface area contributed by atoms with E-state index < -0.39 is 0 Å². The molecule has 4 nitrogen and oxygen atoms in total. The van der Waals surface area contributed by atoms with E-state index in [1.165, 1.54) is 0 Å². The lowest BCUT2D eigenvalue weighted by Gasteiger charge is -2.23. The number of nitrogens with two attached hydrogens (primary N) is 1. The van der Waals surface area contributed by atoms with Gasteiger partial charge in [-0.05, 0) is 43.2 Å². The van der Waals surface area contributed by atoms with Crippen molar-refractivity contribution < 1.29 is 0 Å². The van der Waals surface area contributed by atoms with E-state index in [1.54, 1.807) is 0 Å². The topological polar surface area (TPSA) is 55.0 Å². The highest BCUT2D eigenvalue weighted by Gasteiger charge is 2.10. The van der Waals surface area contributed by atoms with Crippen LogP contribution in [0.4, 0.5) is 5.82 Å². The van der Waals surface area contributed by atoms with Crippen LogP contribution in [-0.2, 0) is 13.1 Å². The molecule has 0 aliphatic heterocycles. The van der Waals surface area contributed by atoms with Gasteiger partial charge >= 0.3 is 0 Å². The summed E-state index contributed by atoms with van der Waals surface area (Å²) in [6, 6.07) is 8.07. The molecule has 0 unspecified atom stereocenters. The van der Waals surface area contributed by atoms with Crippen LogP contribution in [-0.4, -0.2) is 16.5 Å². The fourth-order valence-electron chi connectivity index (χ4n) is 2.09. The number of hydrogen-bond acceptors (Lipinski definition) is 4. The Kier molecular flexibility index (Phi) is 4.47. The molecule has 0 aliphatic carbocycles. The molecule has 0 spiro atoms. The number of nitrogens with zero attached hydrogens (tertiary/aromatic N) is 3. The van der Waals surface area contributed by atoms with E-state index in [0.29, 0.717) is 6.54 Å². The zero-order valence-electron chi connectivity index (χ0n) is 11.5. The maximum Gasteiger partial charge on any atom is 0.131 e. The molecule has 0 fully saturated rings.